The molecule has 0 aromatic carbocycles. The topological polar surface area (TPSA) is 105 Å². The Morgan fingerprint density at radius 1 is 0.181 bits per heavy atom. The molecule has 624 valence electrons. The van der Waals surface area contributed by atoms with Crippen LogP contribution in [0.1, 0.15) is 555 Å². The molecule has 0 saturated carbocycles. The van der Waals surface area contributed by atoms with Gasteiger partial charge in [0.05, 0.1) is 0 Å². The van der Waals surface area contributed by atoms with Crippen molar-refractivity contribution in [1.82, 2.24) is 0 Å². The molecule has 0 aliphatic carbocycles. The summed E-state index contributed by atoms with van der Waals surface area (Å²) in [5, 5.41) is 0. The molecule has 0 N–H and O–H groups in total. The molecule has 0 aliphatic rings. The van der Waals surface area contributed by atoms with Crippen molar-refractivity contribution >= 4 is 23.9 Å². The van der Waals surface area contributed by atoms with Gasteiger partial charge in [-0.25, -0.2) is 0 Å². The van der Waals surface area contributed by atoms with Crippen LogP contribution in [-0.4, -0.2) is 50.3 Å². The zero-order valence-corrected chi connectivity index (χ0v) is 72.3. The molecule has 0 rings (SSSR count). The monoisotopic (exact) mass is 1480 g/mol. The highest BCUT2D eigenvalue weighted by Gasteiger charge is 2.38. The second-order valence-electron chi connectivity index (χ2n) is 35.0. The van der Waals surface area contributed by atoms with Gasteiger partial charge in [-0.2, -0.15) is 0 Å². The Kier molecular flexibility index (Phi) is 84.1. The summed E-state index contributed by atoms with van der Waals surface area (Å²) < 4.78 is 24.2. The van der Waals surface area contributed by atoms with E-state index in [2.05, 4.69) is 41.5 Å². The zero-order chi connectivity index (χ0) is 76.2. The molecule has 0 aromatic heterocycles. The van der Waals surface area contributed by atoms with Gasteiger partial charge in [0.15, 0.2) is 0 Å². The van der Waals surface area contributed by atoms with Gasteiger partial charge < -0.3 is 18.9 Å². The second kappa shape index (κ2) is 85.9. The van der Waals surface area contributed by atoms with Crippen molar-refractivity contribution < 1.29 is 38.1 Å². The molecule has 0 radical (unpaired) electrons. The van der Waals surface area contributed by atoms with E-state index < -0.39 is 5.41 Å². The minimum absolute atomic E-state index is 0.158. The smallest absolute Gasteiger partial charge is 0.305 e. The van der Waals surface area contributed by atoms with Gasteiger partial charge >= 0.3 is 23.9 Å². The normalized spacial score (nSPS) is 11.8. The van der Waals surface area contributed by atoms with Crippen LogP contribution in [0.3, 0.4) is 0 Å². The Labute approximate surface area is 657 Å². The Morgan fingerprint density at radius 2 is 0.295 bits per heavy atom. The van der Waals surface area contributed by atoms with Crippen molar-refractivity contribution in [1.29, 1.82) is 0 Å². The summed E-state index contributed by atoms with van der Waals surface area (Å²) in [5.74, 6) is 0.350. The first-order chi connectivity index (χ1) is 51.5. The van der Waals surface area contributed by atoms with Gasteiger partial charge in [0.1, 0.15) is 31.8 Å². The van der Waals surface area contributed by atoms with E-state index >= 15 is 0 Å². The number of rotatable bonds is 90. The van der Waals surface area contributed by atoms with Gasteiger partial charge in [-0.05, 0) is 37.5 Å². The van der Waals surface area contributed by atoms with Gasteiger partial charge in [-0.1, -0.05) is 504 Å². The van der Waals surface area contributed by atoms with Gasteiger partial charge in [-0.15, -0.1) is 0 Å². The van der Waals surface area contributed by atoms with E-state index in [1.165, 1.54) is 411 Å². The largest absolute Gasteiger partial charge is 0.465 e. The van der Waals surface area contributed by atoms with Crippen LogP contribution in [-0.2, 0) is 38.1 Å². The number of esters is 4. The van der Waals surface area contributed by atoms with Crippen molar-refractivity contribution in [3.8, 4) is 0 Å². The summed E-state index contributed by atoms with van der Waals surface area (Å²) in [7, 11) is 0. The Balaban J connectivity index is 5.25. The van der Waals surface area contributed by atoms with Crippen LogP contribution in [0, 0.1) is 17.3 Å². The molecule has 0 spiro atoms. The van der Waals surface area contributed by atoms with E-state index in [1.807, 2.05) is 0 Å². The van der Waals surface area contributed by atoms with Crippen LogP contribution in [0.4, 0.5) is 0 Å². The first-order valence-corrected chi connectivity index (χ1v) is 48.2. The van der Waals surface area contributed by atoms with Gasteiger partial charge in [-0.3, -0.25) is 19.2 Å². The predicted molar refractivity (Wildman–Crippen MR) is 457 cm³/mol. The molecule has 0 bridgehead atoms. The maximum atomic E-state index is 13.6. The van der Waals surface area contributed by atoms with Crippen LogP contribution in [0.2, 0.25) is 0 Å². The van der Waals surface area contributed by atoms with E-state index in [0.29, 0.717) is 25.7 Å². The molecule has 0 aliphatic heterocycles. The third-order valence-electron chi connectivity index (χ3n) is 23.0. The molecule has 0 amide bonds. The summed E-state index contributed by atoms with van der Waals surface area (Å²) in [4.78, 5) is 54.1. The van der Waals surface area contributed by atoms with Crippen LogP contribution in [0.5, 0.6) is 0 Å². The summed E-state index contributed by atoms with van der Waals surface area (Å²) in [6, 6.07) is 0. The van der Waals surface area contributed by atoms with Crippen molar-refractivity contribution in [2.24, 2.45) is 17.3 Å². The van der Waals surface area contributed by atoms with Crippen LogP contribution >= 0.6 is 0 Å². The summed E-state index contributed by atoms with van der Waals surface area (Å²) in [6.07, 6.45) is 99.9. The fourth-order valence-electron chi connectivity index (χ4n) is 15.5. The number of carbonyl (C=O) groups excluding carboxylic acids is 4. The highest BCUT2D eigenvalue weighted by Crippen LogP contribution is 2.26. The summed E-state index contributed by atoms with van der Waals surface area (Å²) in [5.41, 5.74) is -1.21. The highest BCUT2D eigenvalue weighted by atomic mass is 16.6. The fourth-order valence-corrected chi connectivity index (χ4v) is 15.5. The Bertz CT molecular complexity index is 1620. The quantitative estimate of drug-likeness (QED) is 0.0337. The molecular formula is C97H188O8. The Morgan fingerprint density at radius 3 is 0.419 bits per heavy atom. The van der Waals surface area contributed by atoms with Crippen molar-refractivity contribution in [2.45, 2.75) is 555 Å². The standard InChI is InChI=1S/C97H188O8/c1-7-9-11-13-15-17-19-21-23-25-27-29-31-33-35-37-39-41-43-45-53-59-65-71-77-83-93(98)102-87-97(89-104-95(100)85-79-73-67-61-55-49-47-51-57-63-69-75-81-91(3)4,90-105-96(101)86-80-74-68-62-56-50-48-52-58-64-70-76-82-92(5)6)88-103-94(99)84-78-72-66-60-54-46-44-42-40-38-36-34-32-30-28-26-24-22-20-18-16-14-12-10-8-2/h91-92H,7-90H2,1-6H3. The SMILES string of the molecule is CCCCCCCCCCCCCCCCCCCCCCCCCCCC(=O)OCC(COC(=O)CCCCCCCCCCCCCCCCCCCCCCCCCCC)(COC(=O)CCCCCCCCCCCCCCC(C)C)COC(=O)CCCCCCCCCCCCCCC(C)C. The first kappa shape index (κ1) is 103. The lowest BCUT2D eigenvalue weighted by atomic mass is 9.92. The number of hydrogen-bond donors (Lipinski definition) is 0. The lowest BCUT2D eigenvalue weighted by Gasteiger charge is -2.31. The van der Waals surface area contributed by atoms with Gasteiger partial charge in [0, 0.05) is 25.7 Å². The fraction of sp³-hybridized carbons (Fsp3) is 0.959. The minimum Gasteiger partial charge on any atom is -0.465 e. The average molecular weight is 1480 g/mol. The third-order valence-corrected chi connectivity index (χ3v) is 23.0. The molecule has 0 aromatic rings. The second-order valence-corrected chi connectivity index (χ2v) is 35.0. The maximum Gasteiger partial charge on any atom is 0.305 e. The molecule has 105 heavy (non-hydrogen) atoms. The first-order valence-electron chi connectivity index (χ1n) is 48.2. The number of carbonyl (C=O) groups is 4. The molecule has 8 nitrogen and oxygen atoms in total. The minimum atomic E-state index is -1.21. The van der Waals surface area contributed by atoms with Crippen molar-refractivity contribution in [3.05, 3.63) is 0 Å². The van der Waals surface area contributed by atoms with Crippen molar-refractivity contribution in [2.75, 3.05) is 26.4 Å². The lowest BCUT2D eigenvalue weighted by Crippen LogP contribution is -2.44. The summed E-state index contributed by atoms with van der Waals surface area (Å²) in [6.45, 7) is 13.2. The molecule has 0 fully saturated rings. The zero-order valence-electron chi connectivity index (χ0n) is 72.3. The highest BCUT2D eigenvalue weighted by molar-refractivity contribution is 5.71. The van der Waals surface area contributed by atoms with E-state index in [1.54, 1.807) is 0 Å². The number of unbranched alkanes of at least 4 members (excludes halogenated alkanes) is 70. The number of ether oxygens (including phenoxy) is 4. The summed E-state index contributed by atoms with van der Waals surface area (Å²) >= 11 is 0. The molecule has 0 unspecified atom stereocenters. The molecule has 8 heteroatoms. The van der Waals surface area contributed by atoms with E-state index in [0.717, 1.165) is 88.9 Å². The maximum absolute atomic E-state index is 13.6. The molecule has 0 atom stereocenters. The number of hydrogen-bond acceptors (Lipinski definition) is 8. The van der Waals surface area contributed by atoms with Gasteiger partial charge in [0.25, 0.3) is 0 Å². The molecule has 0 heterocycles. The molecule has 0 saturated heterocycles. The van der Waals surface area contributed by atoms with E-state index in [-0.39, 0.29) is 50.3 Å². The average Bonchev–Trinajstić information content (AvgIpc) is 0.857. The lowest BCUT2D eigenvalue weighted by molar-refractivity contribution is -0.170. The Hall–Kier alpha value is -2.12. The predicted octanol–water partition coefficient (Wildman–Crippen LogP) is 32.7. The van der Waals surface area contributed by atoms with Crippen LogP contribution in [0.25, 0.3) is 0 Å². The van der Waals surface area contributed by atoms with E-state index in [9.17, 15) is 19.2 Å². The van der Waals surface area contributed by atoms with Crippen molar-refractivity contribution in [3.63, 3.8) is 0 Å². The molecular weight excluding hydrogens is 1290 g/mol. The van der Waals surface area contributed by atoms with Crippen LogP contribution in [0.15, 0.2) is 0 Å². The van der Waals surface area contributed by atoms with E-state index in [4.69, 9.17) is 18.9 Å². The van der Waals surface area contributed by atoms with Crippen LogP contribution < -0.4 is 0 Å². The third kappa shape index (κ3) is 84.2. The van der Waals surface area contributed by atoms with Gasteiger partial charge in [0.2, 0.25) is 0 Å².